The molecule has 18 heteroatoms. The summed E-state index contributed by atoms with van der Waals surface area (Å²) in [4.78, 5) is 90.2. The first-order chi connectivity index (χ1) is 21.7. The highest BCUT2D eigenvalue weighted by Crippen LogP contribution is 2.09. The van der Waals surface area contributed by atoms with Gasteiger partial charge in [0.15, 0.2) is 5.96 Å². The van der Waals surface area contributed by atoms with Crippen LogP contribution in [0.5, 0.6) is 0 Å². The van der Waals surface area contributed by atoms with E-state index in [4.69, 9.17) is 11.1 Å². The van der Waals surface area contributed by atoms with Gasteiger partial charge in [-0.25, -0.2) is 0 Å². The first-order valence-electron chi connectivity index (χ1n) is 15.2. The number of rotatable bonds is 11. The van der Waals surface area contributed by atoms with Gasteiger partial charge in [-0.3, -0.25) is 39.0 Å². The fraction of sp³-hybridized carbons (Fsp3) is 0.714. The van der Waals surface area contributed by atoms with Crippen LogP contribution in [0.15, 0.2) is 0 Å². The number of nitrogens with two attached hydrogens (primary N) is 1. The van der Waals surface area contributed by atoms with E-state index < -0.39 is 83.9 Å². The van der Waals surface area contributed by atoms with Crippen LogP contribution in [-0.4, -0.2) is 119 Å². The Labute approximate surface area is 272 Å². The van der Waals surface area contributed by atoms with Crippen LogP contribution < -0.4 is 37.6 Å². The van der Waals surface area contributed by atoms with Crippen molar-refractivity contribution < 1.29 is 43.8 Å². The second-order valence-electron chi connectivity index (χ2n) is 11.0. The Balaban J connectivity index is 3.47. The van der Waals surface area contributed by atoms with Crippen LogP contribution in [0, 0.1) is 5.41 Å². The third-order valence-electron chi connectivity index (χ3n) is 7.14. The summed E-state index contributed by atoms with van der Waals surface area (Å²) in [5.74, 6) is -5.94. The Kier molecular flexibility index (Phi) is 18.5. The number of thioether (sulfide) groups is 1. The minimum atomic E-state index is -1.49. The van der Waals surface area contributed by atoms with Gasteiger partial charge in [-0.1, -0.05) is 0 Å². The number of carbonyl (C=O) groups is 7. The molecule has 1 aliphatic rings. The number of aliphatic carboxylic acids is 1. The molecule has 0 bridgehead atoms. The molecule has 1 fully saturated rings. The second-order valence-corrected chi connectivity index (χ2v) is 12.0. The molecule has 3 unspecified atom stereocenters. The van der Waals surface area contributed by atoms with Gasteiger partial charge >= 0.3 is 5.97 Å². The number of carbonyl (C=O) groups excluding carboxylic acids is 6. The van der Waals surface area contributed by atoms with Gasteiger partial charge in [0.2, 0.25) is 35.2 Å². The molecule has 0 radical (unpaired) electrons. The molecular weight excluding hydrogens is 624 g/mol. The van der Waals surface area contributed by atoms with Gasteiger partial charge in [-0.05, 0) is 70.9 Å². The Hall–Kier alpha value is -3.77. The van der Waals surface area contributed by atoms with Gasteiger partial charge in [0.05, 0.1) is 18.2 Å². The quantitative estimate of drug-likeness (QED) is 0.0470. The molecule has 0 aromatic rings. The smallest absolute Gasteiger partial charge is 0.303 e. The summed E-state index contributed by atoms with van der Waals surface area (Å²) >= 11 is 1.40. The number of carboxylic acids is 1. The summed E-state index contributed by atoms with van der Waals surface area (Å²) < 4.78 is 0. The number of guanidine groups is 1. The van der Waals surface area contributed by atoms with Crippen LogP contribution in [0.3, 0.4) is 0 Å². The molecule has 0 aliphatic carbocycles. The molecular formula is C28H48N8O9S. The largest absolute Gasteiger partial charge is 0.481 e. The zero-order valence-electron chi connectivity index (χ0n) is 26.5. The Morgan fingerprint density at radius 1 is 0.957 bits per heavy atom. The fourth-order valence-corrected chi connectivity index (χ4v) is 4.97. The van der Waals surface area contributed by atoms with Crippen LogP contribution in [-0.2, 0) is 33.6 Å². The lowest BCUT2D eigenvalue weighted by molar-refractivity contribution is -0.140. The predicted molar refractivity (Wildman–Crippen MR) is 170 cm³/mol. The Morgan fingerprint density at radius 2 is 1.57 bits per heavy atom. The number of nitrogens with one attached hydrogen (secondary N) is 7. The molecule has 1 rings (SSSR count). The van der Waals surface area contributed by atoms with E-state index in [2.05, 4.69) is 31.9 Å². The van der Waals surface area contributed by atoms with Crippen molar-refractivity contribution in [3.8, 4) is 0 Å². The number of aliphatic hydroxyl groups is 1. The SMILES string of the molecule is CSCCC1NC(=O)[C@H](CCCNC(=N)N)NC(=O)C(CCC(=O)O)NC(=O)[C@H]([C@@H](C)O)NC(=O)CCCCNC(C)C(=O)C1=O. The van der Waals surface area contributed by atoms with Crippen LogP contribution in [0.4, 0.5) is 0 Å². The number of ketones is 2. The van der Waals surface area contributed by atoms with Crippen molar-refractivity contribution in [3.05, 3.63) is 0 Å². The van der Waals surface area contributed by atoms with E-state index in [1.165, 1.54) is 25.6 Å². The zero-order chi connectivity index (χ0) is 34.8. The summed E-state index contributed by atoms with van der Waals surface area (Å²) in [6.07, 6.45) is 0.573. The lowest BCUT2D eigenvalue weighted by Crippen LogP contribution is -2.59. The molecule has 17 nitrogen and oxygen atoms in total. The highest BCUT2D eigenvalue weighted by Gasteiger charge is 2.34. The monoisotopic (exact) mass is 672 g/mol. The van der Waals surface area contributed by atoms with Crippen molar-refractivity contribution >= 4 is 58.9 Å². The number of hydrogen-bond donors (Lipinski definition) is 10. The van der Waals surface area contributed by atoms with E-state index in [1.54, 1.807) is 6.26 Å². The number of amides is 4. The third kappa shape index (κ3) is 15.0. The standard InChI is InChI=1S/C28H48N8O9S/c1-15-23(41)24(42)17(11-14-46-3)33-25(43)18(7-6-13-32-28(29)30)34-26(44)19(9-10-21(39)40)35-27(45)22(16(2)37)36-20(38)8-4-5-12-31-15/h15-19,22,31,37H,4-14H2,1-3H3,(H,33,43)(H,34,44)(H,35,45)(H,36,38)(H,39,40)(H4,29,30,32)/t15?,16-,17?,18+,19?,22+/m1/s1. The lowest BCUT2D eigenvalue weighted by Gasteiger charge is -2.27. The minimum Gasteiger partial charge on any atom is -0.481 e. The highest BCUT2D eigenvalue weighted by molar-refractivity contribution is 7.98. The molecule has 260 valence electrons. The van der Waals surface area contributed by atoms with Crippen molar-refractivity contribution in [2.45, 2.75) is 102 Å². The van der Waals surface area contributed by atoms with Crippen molar-refractivity contribution in [1.82, 2.24) is 31.9 Å². The Morgan fingerprint density at radius 3 is 2.15 bits per heavy atom. The molecule has 11 N–H and O–H groups in total. The van der Waals surface area contributed by atoms with Crippen molar-refractivity contribution in [1.29, 1.82) is 5.41 Å². The highest BCUT2D eigenvalue weighted by atomic mass is 32.2. The number of hydrogen-bond acceptors (Lipinski definition) is 11. The maximum Gasteiger partial charge on any atom is 0.303 e. The maximum absolute atomic E-state index is 13.5. The molecule has 0 saturated carbocycles. The summed E-state index contributed by atoms with van der Waals surface area (Å²) in [6, 6.07) is -6.34. The summed E-state index contributed by atoms with van der Waals surface area (Å²) in [5.41, 5.74) is 5.32. The van der Waals surface area contributed by atoms with Crippen LogP contribution in [0.25, 0.3) is 0 Å². The van der Waals surface area contributed by atoms with Gasteiger partial charge in [0.25, 0.3) is 0 Å². The third-order valence-corrected chi connectivity index (χ3v) is 7.78. The Bertz CT molecular complexity index is 1110. The van der Waals surface area contributed by atoms with E-state index in [0.29, 0.717) is 25.1 Å². The zero-order valence-corrected chi connectivity index (χ0v) is 27.3. The van der Waals surface area contributed by atoms with Gasteiger partial charge < -0.3 is 47.8 Å². The lowest BCUT2D eigenvalue weighted by atomic mass is 10.00. The maximum atomic E-state index is 13.5. The van der Waals surface area contributed by atoms with Gasteiger partial charge in [-0.15, -0.1) is 0 Å². The molecule has 1 heterocycles. The number of Topliss-reactive ketones (excluding diaryl/α,β-unsaturated/α-hetero) is 2. The average molecular weight is 673 g/mol. The van der Waals surface area contributed by atoms with E-state index in [9.17, 15) is 43.8 Å². The normalized spacial score (nSPS) is 25.3. The average Bonchev–Trinajstić information content (AvgIpc) is 2.99. The minimum absolute atomic E-state index is 0.0225. The van der Waals surface area contributed by atoms with E-state index in [1.807, 2.05) is 0 Å². The first kappa shape index (κ1) is 40.3. The van der Waals surface area contributed by atoms with Crippen molar-refractivity contribution in [2.24, 2.45) is 5.73 Å². The van der Waals surface area contributed by atoms with Gasteiger partial charge in [0.1, 0.15) is 18.1 Å². The van der Waals surface area contributed by atoms with Crippen molar-refractivity contribution in [3.63, 3.8) is 0 Å². The molecule has 0 aromatic carbocycles. The van der Waals surface area contributed by atoms with Gasteiger partial charge in [-0.2, -0.15) is 11.8 Å². The molecule has 4 amide bonds. The van der Waals surface area contributed by atoms with E-state index >= 15 is 0 Å². The van der Waals surface area contributed by atoms with Crippen LogP contribution in [0.1, 0.15) is 65.2 Å². The van der Waals surface area contributed by atoms with E-state index in [0.717, 1.165) is 0 Å². The predicted octanol–water partition coefficient (Wildman–Crippen LogP) is -2.51. The van der Waals surface area contributed by atoms with Crippen molar-refractivity contribution in [2.75, 3.05) is 25.1 Å². The van der Waals surface area contributed by atoms with Gasteiger partial charge in [0, 0.05) is 19.4 Å². The molecule has 46 heavy (non-hydrogen) atoms. The van der Waals surface area contributed by atoms with Crippen LogP contribution >= 0.6 is 11.8 Å². The first-order valence-corrected chi connectivity index (χ1v) is 16.6. The number of carboxylic acid groups (broad SMARTS) is 1. The topological polar surface area (TPSA) is 282 Å². The summed E-state index contributed by atoms with van der Waals surface area (Å²) in [7, 11) is 0. The molecule has 1 saturated heterocycles. The number of aliphatic hydroxyl groups excluding tert-OH is 1. The van der Waals surface area contributed by atoms with Crippen LogP contribution in [0.2, 0.25) is 0 Å². The second kappa shape index (κ2) is 21.1. The summed E-state index contributed by atoms with van der Waals surface area (Å²) in [6.45, 7) is 3.23. The van der Waals surface area contributed by atoms with E-state index in [-0.39, 0.29) is 44.6 Å². The molecule has 6 atom stereocenters. The summed E-state index contributed by atoms with van der Waals surface area (Å²) in [5, 5.41) is 42.2. The fourth-order valence-electron chi connectivity index (χ4n) is 4.50. The molecule has 0 spiro atoms. The molecule has 0 aromatic heterocycles. The molecule has 1 aliphatic heterocycles.